The van der Waals surface area contributed by atoms with Crippen molar-refractivity contribution in [3.8, 4) is 11.1 Å². The van der Waals surface area contributed by atoms with E-state index in [-0.39, 0.29) is 5.91 Å². The Morgan fingerprint density at radius 1 is 1.05 bits per heavy atom. The summed E-state index contributed by atoms with van der Waals surface area (Å²) in [5.74, 6) is 1.22. The van der Waals surface area contributed by atoms with Gasteiger partial charge in [-0.2, -0.15) is 5.10 Å². The van der Waals surface area contributed by atoms with E-state index in [1.165, 1.54) is 36.3 Å². The number of hydrazine groups is 1. The fraction of sp³-hybridized carbons (Fsp3) is 0.344. The molecule has 3 N–H and O–H groups in total. The SMILES string of the molecule is C/C(C(=O)Nc1ccc(-c2cc(C3CCCCC3)n3ncnc(N)c23)cc1)=C1/CCCCN1N(C=O)c1ccccn1. The minimum atomic E-state index is -0.205. The Morgan fingerprint density at radius 3 is 2.60 bits per heavy atom. The highest BCUT2D eigenvalue weighted by atomic mass is 16.2. The number of nitrogens with one attached hydrogen (secondary N) is 1. The van der Waals surface area contributed by atoms with Crippen molar-refractivity contribution in [2.45, 2.75) is 64.2 Å². The first kappa shape index (κ1) is 27.4. The van der Waals surface area contributed by atoms with Gasteiger partial charge in [-0.1, -0.05) is 37.5 Å². The standard InChI is InChI=1S/C32H36N8O2/c1-22(27-11-6-8-18-38(27)39(21-41)29-12-5-7-17-34-29)32(42)37-25-15-13-23(14-16-25)26-19-28(24-9-3-2-4-10-24)40-30(26)31(33)35-20-36-40/h5,7,12-17,19-21,24H,2-4,6,8-11,18H2,1H3,(H,37,42)(H2,33,35,36)/b27-22+. The zero-order valence-corrected chi connectivity index (χ0v) is 23.9. The highest BCUT2D eigenvalue weighted by Crippen LogP contribution is 2.39. The van der Waals surface area contributed by atoms with Gasteiger partial charge in [-0.3, -0.25) is 14.6 Å². The summed E-state index contributed by atoms with van der Waals surface area (Å²) in [6, 6.07) is 15.4. The third kappa shape index (κ3) is 5.32. The third-order valence-electron chi connectivity index (χ3n) is 8.45. The number of benzene rings is 1. The van der Waals surface area contributed by atoms with Gasteiger partial charge in [-0.15, -0.1) is 0 Å². The lowest BCUT2D eigenvalue weighted by atomic mass is 9.87. The number of nitrogens with zero attached hydrogens (tertiary/aromatic N) is 6. The highest BCUT2D eigenvalue weighted by molar-refractivity contribution is 6.04. The van der Waals surface area contributed by atoms with Crippen LogP contribution in [0.5, 0.6) is 0 Å². The van der Waals surface area contributed by atoms with Crippen LogP contribution in [0.2, 0.25) is 0 Å². The molecule has 6 rings (SSSR count). The molecule has 2 fully saturated rings. The molecule has 2 aliphatic rings. The lowest BCUT2D eigenvalue weighted by Gasteiger charge is -2.38. The maximum absolute atomic E-state index is 13.4. The molecule has 0 bridgehead atoms. The van der Waals surface area contributed by atoms with Gasteiger partial charge in [0.05, 0.1) is 0 Å². The second kappa shape index (κ2) is 12.0. The Labute approximate surface area is 245 Å². The molecule has 0 spiro atoms. The maximum Gasteiger partial charge on any atom is 0.253 e. The van der Waals surface area contributed by atoms with E-state index >= 15 is 0 Å². The van der Waals surface area contributed by atoms with Gasteiger partial charge in [0.25, 0.3) is 5.91 Å². The van der Waals surface area contributed by atoms with Crippen molar-refractivity contribution < 1.29 is 9.59 Å². The zero-order chi connectivity index (χ0) is 29.1. The molecule has 0 unspecified atom stereocenters. The Bertz CT molecular complexity index is 1610. The molecule has 0 radical (unpaired) electrons. The summed E-state index contributed by atoms with van der Waals surface area (Å²) in [6.07, 6.45) is 12.5. The molecule has 1 saturated carbocycles. The summed E-state index contributed by atoms with van der Waals surface area (Å²) < 4.78 is 1.96. The summed E-state index contributed by atoms with van der Waals surface area (Å²) in [5, 5.41) is 11.0. The number of allylic oxidation sites excluding steroid dienone is 1. The normalized spacial score (nSPS) is 17.2. The van der Waals surface area contributed by atoms with E-state index in [1.807, 2.05) is 46.8 Å². The predicted octanol–water partition coefficient (Wildman–Crippen LogP) is 5.70. The molecule has 42 heavy (non-hydrogen) atoms. The number of piperidine rings is 1. The first-order valence-electron chi connectivity index (χ1n) is 14.7. The number of fused-ring (bicyclic) bond motifs is 1. The van der Waals surface area contributed by atoms with Crippen LogP contribution in [0.15, 0.2) is 72.3 Å². The molecular weight excluding hydrogens is 528 g/mol. The molecule has 2 amide bonds. The summed E-state index contributed by atoms with van der Waals surface area (Å²) in [5.41, 5.74) is 12.4. The fourth-order valence-electron chi connectivity index (χ4n) is 6.25. The molecule has 216 valence electrons. The Morgan fingerprint density at radius 2 is 1.86 bits per heavy atom. The maximum atomic E-state index is 13.4. The minimum absolute atomic E-state index is 0.205. The topological polar surface area (TPSA) is 122 Å². The fourth-order valence-corrected chi connectivity index (χ4v) is 6.25. The van der Waals surface area contributed by atoms with Crippen LogP contribution >= 0.6 is 0 Å². The average molecular weight is 565 g/mol. The smallest absolute Gasteiger partial charge is 0.253 e. The number of rotatable bonds is 7. The van der Waals surface area contributed by atoms with Crippen LogP contribution < -0.4 is 16.1 Å². The number of nitrogens with two attached hydrogens (primary N) is 1. The number of nitrogen functional groups attached to an aromatic ring is 1. The molecule has 10 nitrogen and oxygen atoms in total. The number of carbonyl (C=O) groups is 2. The third-order valence-corrected chi connectivity index (χ3v) is 8.45. The summed E-state index contributed by atoms with van der Waals surface area (Å²) in [7, 11) is 0. The molecule has 4 aromatic rings. The first-order valence-corrected chi connectivity index (χ1v) is 14.7. The molecule has 1 aromatic carbocycles. The van der Waals surface area contributed by atoms with Gasteiger partial charge in [-0.05, 0) is 74.9 Å². The lowest BCUT2D eigenvalue weighted by molar-refractivity contribution is -0.113. The largest absolute Gasteiger partial charge is 0.382 e. The van der Waals surface area contributed by atoms with Gasteiger partial charge in [0.2, 0.25) is 6.41 Å². The van der Waals surface area contributed by atoms with Gasteiger partial charge in [0, 0.05) is 46.9 Å². The van der Waals surface area contributed by atoms with Crippen molar-refractivity contribution in [2.24, 2.45) is 0 Å². The lowest BCUT2D eigenvalue weighted by Crippen LogP contribution is -2.45. The van der Waals surface area contributed by atoms with Crippen molar-refractivity contribution in [3.63, 3.8) is 0 Å². The van der Waals surface area contributed by atoms with E-state index in [0.717, 1.165) is 54.4 Å². The van der Waals surface area contributed by atoms with E-state index in [2.05, 4.69) is 26.4 Å². The van der Waals surface area contributed by atoms with Crippen molar-refractivity contribution in [2.75, 3.05) is 22.6 Å². The minimum Gasteiger partial charge on any atom is -0.382 e. The molecule has 4 heterocycles. The van der Waals surface area contributed by atoms with Crippen LogP contribution in [-0.4, -0.2) is 43.5 Å². The number of pyridine rings is 1. The Hall–Kier alpha value is -4.73. The molecule has 1 aliphatic carbocycles. The van der Waals surface area contributed by atoms with Gasteiger partial charge < -0.3 is 11.1 Å². The van der Waals surface area contributed by atoms with Crippen LogP contribution in [0.4, 0.5) is 17.3 Å². The van der Waals surface area contributed by atoms with Crippen LogP contribution in [0, 0.1) is 0 Å². The molecule has 0 atom stereocenters. The first-order chi connectivity index (χ1) is 20.5. The molecular formula is C32H36N8O2. The summed E-state index contributed by atoms with van der Waals surface area (Å²) in [6.45, 7) is 2.44. The van der Waals surface area contributed by atoms with E-state index in [9.17, 15) is 9.59 Å². The highest BCUT2D eigenvalue weighted by Gasteiger charge is 2.27. The average Bonchev–Trinajstić information content (AvgIpc) is 3.44. The summed E-state index contributed by atoms with van der Waals surface area (Å²) in [4.78, 5) is 34.1. The van der Waals surface area contributed by atoms with Gasteiger partial charge in [0.15, 0.2) is 11.6 Å². The van der Waals surface area contributed by atoms with Crippen LogP contribution in [0.25, 0.3) is 16.6 Å². The van der Waals surface area contributed by atoms with Gasteiger partial charge >= 0.3 is 0 Å². The Kier molecular flexibility index (Phi) is 7.85. The van der Waals surface area contributed by atoms with Crippen molar-refractivity contribution in [3.05, 3.63) is 78.0 Å². The number of hydrogen-bond donors (Lipinski definition) is 2. The van der Waals surface area contributed by atoms with Gasteiger partial charge in [0.1, 0.15) is 11.8 Å². The van der Waals surface area contributed by atoms with E-state index in [4.69, 9.17) is 5.73 Å². The van der Waals surface area contributed by atoms with Crippen LogP contribution in [-0.2, 0) is 9.59 Å². The second-order valence-electron chi connectivity index (χ2n) is 11.0. The van der Waals surface area contributed by atoms with Crippen molar-refractivity contribution >= 4 is 35.2 Å². The van der Waals surface area contributed by atoms with Gasteiger partial charge in [-0.25, -0.2) is 19.5 Å². The number of aromatic nitrogens is 4. The van der Waals surface area contributed by atoms with E-state index in [0.29, 0.717) is 41.8 Å². The molecule has 3 aromatic heterocycles. The Balaban J connectivity index is 1.25. The van der Waals surface area contributed by atoms with E-state index < -0.39 is 0 Å². The van der Waals surface area contributed by atoms with Crippen LogP contribution in [0.3, 0.4) is 0 Å². The summed E-state index contributed by atoms with van der Waals surface area (Å²) >= 11 is 0. The van der Waals surface area contributed by atoms with Crippen molar-refractivity contribution in [1.29, 1.82) is 0 Å². The number of carbonyl (C=O) groups excluding carboxylic acids is 2. The number of hydrogen-bond acceptors (Lipinski definition) is 7. The quantitative estimate of drug-likeness (QED) is 0.218. The van der Waals surface area contributed by atoms with Crippen molar-refractivity contribution in [1.82, 2.24) is 24.6 Å². The number of amides is 2. The van der Waals surface area contributed by atoms with E-state index in [1.54, 1.807) is 18.3 Å². The zero-order valence-electron chi connectivity index (χ0n) is 23.9. The molecule has 1 saturated heterocycles. The monoisotopic (exact) mass is 564 g/mol. The molecule has 10 heteroatoms. The molecule has 1 aliphatic heterocycles. The number of anilines is 3. The predicted molar refractivity (Wildman–Crippen MR) is 163 cm³/mol. The van der Waals surface area contributed by atoms with Crippen LogP contribution in [0.1, 0.15) is 69.9 Å². The second-order valence-corrected chi connectivity index (χ2v) is 11.0.